The second-order valence-corrected chi connectivity index (χ2v) is 2.84. The summed E-state index contributed by atoms with van der Waals surface area (Å²) in [5.41, 5.74) is -1.11. The lowest BCUT2D eigenvalue weighted by Crippen LogP contribution is -2.30. The highest BCUT2D eigenvalue weighted by Gasteiger charge is 2.32. The number of rotatable bonds is 2. The van der Waals surface area contributed by atoms with Gasteiger partial charge in [-0.2, -0.15) is 13.8 Å². The molecule has 1 aliphatic rings. The maximum Gasteiger partial charge on any atom is 0.318 e. The van der Waals surface area contributed by atoms with Crippen LogP contribution in [0, 0.1) is 0 Å². The van der Waals surface area contributed by atoms with Crippen LogP contribution < -0.4 is 5.59 Å². The molecule has 0 bridgehead atoms. The number of hydrogen-bond donors (Lipinski definition) is 1. The summed E-state index contributed by atoms with van der Waals surface area (Å²) in [6.07, 6.45) is 0.437. The summed E-state index contributed by atoms with van der Waals surface area (Å²) < 4.78 is 25.1. The van der Waals surface area contributed by atoms with Gasteiger partial charge in [-0.05, 0) is 0 Å². The Balaban J connectivity index is 2.80. The van der Waals surface area contributed by atoms with Crippen LogP contribution in [0.15, 0.2) is 10.1 Å². The molecule has 0 aromatic heterocycles. The molecule has 0 radical (unpaired) electrons. The summed E-state index contributed by atoms with van der Waals surface area (Å²) in [5, 5.41) is 3.18. The van der Waals surface area contributed by atoms with E-state index in [1.807, 2.05) is 5.59 Å². The third-order valence-corrected chi connectivity index (χ3v) is 1.40. The Morgan fingerprint density at radius 2 is 2.33 bits per heavy atom. The van der Waals surface area contributed by atoms with Crippen molar-refractivity contribution >= 4 is 21.0 Å². The Morgan fingerprint density at radius 1 is 1.67 bits per heavy atom. The highest BCUT2D eigenvalue weighted by molar-refractivity contribution is 7.20. The highest BCUT2D eigenvalue weighted by Crippen LogP contribution is 2.25. The topological polar surface area (TPSA) is 46.0 Å². The molecule has 0 amide bonds. The number of nitrogens with one attached hydrogen (secondary N) is 1. The van der Waals surface area contributed by atoms with Gasteiger partial charge in [-0.15, -0.1) is 10.7 Å². The van der Waals surface area contributed by atoms with Gasteiger partial charge in [0.15, 0.2) is 0 Å². The van der Waals surface area contributed by atoms with E-state index in [-0.39, 0.29) is 5.90 Å². The SMILES string of the molecule is CCC1=NC(C(F)(F)P)=NNO1. The van der Waals surface area contributed by atoms with Crippen LogP contribution in [0.5, 0.6) is 0 Å². The molecule has 1 atom stereocenters. The Kier molecular flexibility index (Phi) is 2.57. The zero-order valence-electron chi connectivity index (χ0n) is 6.34. The third kappa shape index (κ3) is 2.11. The Bertz CT molecular complexity index is 235. The summed E-state index contributed by atoms with van der Waals surface area (Å²) in [6.45, 7) is 1.74. The lowest BCUT2D eigenvalue weighted by molar-refractivity contribution is 0.151. The van der Waals surface area contributed by atoms with Crippen LogP contribution in [0.25, 0.3) is 0 Å². The fourth-order valence-electron chi connectivity index (χ4n) is 0.585. The quantitative estimate of drug-likeness (QED) is 0.671. The molecule has 0 aliphatic carbocycles. The zero-order valence-corrected chi connectivity index (χ0v) is 7.50. The monoisotopic (exact) mass is 195 g/mol. The van der Waals surface area contributed by atoms with Gasteiger partial charge in [-0.25, -0.2) is 0 Å². The fraction of sp³-hybridized carbons (Fsp3) is 0.600. The van der Waals surface area contributed by atoms with Gasteiger partial charge in [0, 0.05) is 6.42 Å². The largest absolute Gasteiger partial charge is 0.349 e. The van der Waals surface area contributed by atoms with E-state index in [0.29, 0.717) is 6.42 Å². The number of amidine groups is 1. The summed E-state index contributed by atoms with van der Waals surface area (Å²) in [6, 6.07) is 0. The minimum absolute atomic E-state index is 0.196. The van der Waals surface area contributed by atoms with Crippen LogP contribution in [0.1, 0.15) is 13.3 Å². The Hall–Kier alpha value is -0.770. The van der Waals surface area contributed by atoms with Gasteiger partial charge >= 0.3 is 5.66 Å². The Labute approximate surface area is 70.2 Å². The minimum atomic E-state index is -3.11. The van der Waals surface area contributed by atoms with Crippen LogP contribution in [0.4, 0.5) is 8.78 Å². The molecule has 1 heterocycles. The van der Waals surface area contributed by atoms with Crippen molar-refractivity contribution in [2.75, 3.05) is 0 Å². The zero-order chi connectivity index (χ0) is 9.19. The Morgan fingerprint density at radius 3 is 2.83 bits per heavy atom. The lowest BCUT2D eigenvalue weighted by atomic mass is 10.5. The summed E-state index contributed by atoms with van der Waals surface area (Å²) in [7, 11) is 1.35. The van der Waals surface area contributed by atoms with E-state index in [9.17, 15) is 8.78 Å². The number of alkyl halides is 2. The third-order valence-electron chi connectivity index (χ3n) is 1.15. The van der Waals surface area contributed by atoms with E-state index in [2.05, 4.69) is 14.9 Å². The van der Waals surface area contributed by atoms with Gasteiger partial charge < -0.3 is 4.84 Å². The van der Waals surface area contributed by atoms with E-state index in [1.54, 1.807) is 6.92 Å². The van der Waals surface area contributed by atoms with E-state index in [4.69, 9.17) is 0 Å². The van der Waals surface area contributed by atoms with Crippen molar-refractivity contribution in [1.82, 2.24) is 5.59 Å². The predicted octanol–water partition coefficient (Wildman–Crippen LogP) is 1.11. The molecule has 1 aliphatic heterocycles. The van der Waals surface area contributed by atoms with Crippen molar-refractivity contribution in [3.05, 3.63) is 0 Å². The average molecular weight is 195 g/mol. The van der Waals surface area contributed by atoms with Gasteiger partial charge in [0.05, 0.1) is 0 Å². The fourth-order valence-corrected chi connectivity index (χ4v) is 0.714. The predicted molar refractivity (Wildman–Crippen MR) is 44.0 cm³/mol. The molecule has 1 rings (SSSR count). The second-order valence-electron chi connectivity index (χ2n) is 2.11. The van der Waals surface area contributed by atoms with Crippen molar-refractivity contribution in [2.45, 2.75) is 19.0 Å². The average Bonchev–Trinajstić information content (AvgIpc) is 2.03. The second kappa shape index (κ2) is 3.31. The van der Waals surface area contributed by atoms with Crippen molar-refractivity contribution in [1.29, 1.82) is 0 Å². The molecule has 1 N–H and O–H groups in total. The first-order chi connectivity index (χ1) is 5.54. The molecule has 0 saturated carbocycles. The number of aliphatic imine (C=N–C) groups is 1. The molecule has 0 saturated heterocycles. The molecule has 0 aromatic rings. The summed E-state index contributed by atoms with van der Waals surface area (Å²) >= 11 is 0. The first-order valence-corrected chi connectivity index (χ1v) is 3.86. The van der Waals surface area contributed by atoms with E-state index in [1.165, 1.54) is 9.24 Å². The van der Waals surface area contributed by atoms with Gasteiger partial charge in [-0.3, -0.25) is 0 Å². The first kappa shape index (κ1) is 9.32. The maximum absolute atomic E-state index is 12.5. The normalized spacial score (nSPS) is 17.3. The molecule has 0 spiro atoms. The van der Waals surface area contributed by atoms with Gasteiger partial charge in [0.2, 0.25) is 11.7 Å². The van der Waals surface area contributed by atoms with E-state index >= 15 is 0 Å². The minimum Gasteiger partial charge on any atom is -0.349 e. The molecule has 68 valence electrons. The van der Waals surface area contributed by atoms with E-state index in [0.717, 1.165) is 0 Å². The van der Waals surface area contributed by atoms with Crippen molar-refractivity contribution in [3.63, 3.8) is 0 Å². The lowest BCUT2D eigenvalue weighted by Gasteiger charge is -2.15. The maximum atomic E-state index is 12.5. The summed E-state index contributed by atoms with van der Waals surface area (Å²) in [4.78, 5) is 8.11. The molecule has 12 heavy (non-hydrogen) atoms. The van der Waals surface area contributed by atoms with Crippen molar-refractivity contribution in [2.24, 2.45) is 10.1 Å². The van der Waals surface area contributed by atoms with Crippen LogP contribution >= 0.6 is 9.24 Å². The number of hydrazone groups is 1. The smallest absolute Gasteiger partial charge is 0.318 e. The van der Waals surface area contributed by atoms with Crippen LogP contribution in [0.2, 0.25) is 0 Å². The molecule has 4 nitrogen and oxygen atoms in total. The van der Waals surface area contributed by atoms with Crippen molar-refractivity contribution in [3.8, 4) is 0 Å². The molecule has 7 heteroatoms. The molecular weight excluding hydrogens is 187 g/mol. The van der Waals surface area contributed by atoms with Gasteiger partial charge in [-0.1, -0.05) is 16.2 Å². The number of nitrogens with zero attached hydrogens (tertiary/aromatic N) is 2. The number of halogens is 2. The van der Waals surface area contributed by atoms with Gasteiger partial charge in [0.1, 0.15) is 0 Å². The van der Waals surface area contributed by atoms with Crippen LogP contribution in [-0.4, -0.2) is 17.4 Å². The van der Waals surface area contributed by atoms with Crippen LogP contribution in [0.3, 0.4) is 0 Å². The molecule has 0 aromatic carbocycles. The summed E-state index contributed by atoms with van der Waals surface area (Å²) in [5.74, 6) is -0.391. The standard InChI is InChI=1S/C5H8F2N3OP/c1-2-3-8-4(5(6,7)12)9-10-11-3/h10H,2,12H2,1H3. The first-order valence-electron chi connectivity index (χ1n) is 3.28. The molecule has 0 fully saturated rings. The van der Waals surface area contributed by atoms with Gasteiger partial charge in [0.25, 0.3) is 0 Å². The van der Waals surface area contributed by atoms with Crippen molar-refractivity contribution < 1.29 is 13.6 Å². The molecular formula is C5H8F2N3OP. The highest BCUT2D eigenvalue weighted by atomic mass is 31.0. The number of hydrogen-bond acceptors (Lipinski definition) is 4. The van der Waals surface area contributed by atoms with E-state index < -0.39 is 11.5 Å². The van der Waals surface area contributed by atoms with Crippen LogP contribution in [-0.2, 0) is 4.84 Å². The molecule has 1 unspecified atom stereocenters.